The summed E-state index contributed by atoms with van der Waals surface area (Å²) < 4.78 is 7.45. The number of aryl methyl sites for hydroxylation is 3. The van der Waals surface area contributed by atoms with Gasteiger partial charge < -0.3 is 14.6 Å². The second-order valence-electron chi connectivity index (χ2n) is 7.48. The van der Waals surface area contributed by atoms with E-state index in [1.807, 2.05) is 23.9 Å². The Balaban J connectivity index is 1.63. The van der Waals surface area contributed by atoms with Gasteiger partial charge in [0, 0.05) is 38.7 Å². The van der Waals surface area contributed by atoms with Crippen LogP contribution in [0, 0.1) is 13.8 Å². The molecule has 0 saturated carbocycles. The highest BCUT2D eigenvalue weighted by molar-refractivity contribution is 5.99. The van der Waals surface area contributed by atoms with E-state index < -0.39 is 5.41 Å². The number of benzene rings is 1. The number of carbonyl (C=O) groups is 1. The molecule has 2 N–H and O–H groups in total. The molecule has 0 aliphatic carbocycles. The molecular formula is C21H25N5O2. The standard InChI is InChI=1S/C21H25N5O2/c1-14-4-5-16(12-15(14)2)21(6-10-28-11-7-21)20(27)23-18-13-17(24-25-18)19-22-8-9-26(19)3/h4-5,8-9,12-13H,6-7,10-11H2,1-3H3,(H2,23,24,25,27). The summed E-state index contributed by atoms with van der Waals surface area (Å²) in [5.74, 6) is 1.22. The van der Waals surface area contributed by atoms with Crippen molar-refractivity contribution in [1.82, 2.24) is 19.7 Å². The van der Waals surface area contributed by atoms with E-state index in [2.05, 4.69) is 52.5 Å². The van der Waals surface area contributed by atoms with Crippen LogP contribution >= 0.6 is 0 Å². The first kappa shape index (κ1) is 18.4. The van der Waals surface area contributed by atoms with Crippen molar-refractivity contribution >= 4 is 11.7 Å². The Morgan fingerprint density at radius 2 is 2.00 bits per heavy atom. The molecule has 3 aromatic rings. The van der Waals surface area contributed by atoms with E-state index in [4.69, 9.17) is 4.74 Å². The van der Waals surface area contributed by atoms with E-state index in [9.17, 15) is 4.79 Å². The molecule has 1 aromatic carbocycles. The Morgan fingerprint density at radius 1 is 1.21 bits per heavy atom. The molecule has 3 heterocycles. The van der Waals surface area contributed by atoms with Gasteiger partial charge in [-0.1, -0.05) is 18.2 Å². The molecule has 0 radical (unpaired) electrons. The molecule has 0 unspecified atom stereocenters. The minimum absolute atomic E-state index is 0.0445. The highest BCUT2D eigenvalue weighted by atomic mass is 16.5. The van der Waals surface area contributed by atoms with Crippen molar-refractivity contribution in [3.8, 4) is 11.5 Å². The first-order valence-electron chi connectivity index (χ1n) is 9.50. The summed E-state index contributed by atoms with van der Waals surface area (Å²) in [6.45, 7) is 5.30. The van der Waals surface area contributed by atoms with Crippen LogP contribution in [0.1, 0.15) is 29.5 Å². The van der Waals surface area contributed by atoms with Crippen LogP contribution in [0.4, 0.5) is 5.82 Å². The van der Waals surface area contributed by atoms with Crippen molar-refractivity contribution in [2.24, 2.45) is 7.05 Å². The molecule has 0 spiro atoms. The Kier molecular flexibility index (Phi) is 4.77. The van der Waals surface area contributed by atoms with Gasteiger partial charge in [-0.2, -0.15) is 5.10 Å². The topological polar surface area (TPSA) is 84.8 Å². The van der Waals surface area contributed by atoms with Crippen LogP contribution in [0.15, 0.2) is 36.7 Å². The fourth-order valence-electron chi connectivity index (χ4n) is 3.77. The van der Waals surface area contributed by atoms with E-state index >= 15 is 0 Å². The van der Waals surface area contributed by atoms with Crippen molar-refractivity contribution in [3.05, 3.63) is 53.3 Å². The molecule has 1 aliphatic heterocycles. The van der Waals surface area contributed by atoms with Crippen LogP contribution in [0.25, 0.3) is 11.5 Å². The van der Waals surface area contributed by atoms with Crippen LogP contribution in [-0.2, 0) is 22.0 Å². The van der Waals surface area contributed by atoms with Gasteiger partial charge in [0.05, 0.1) is 5.41 Å². The summed E-state index contributed by atoms with van der Waals surface area (Å²) in [5.41, 5.74) is 3.59. The van der Waals surface area contributed by atoms with Gasteiger partial charge in [0.2, 0.25) is 5.91 Å². The van der Waals surface area contributed by atoms with Crippen molar-refractivity contribution in [2.75, 3.05) is 18.5 Å². The molecule has 4 rings (SSSR count). The highest BCUT2D eigenvalue weighted by Crippen LogP contribution is 2.37. The maximum absolute atomic E-state index is 13.4. The van der Waals surface area contributed by atoms with E-state index in [1.165, 1.54) is 11.1 Å². The number of aromatic amines is 1. The summed E-state index contributed by atoms with van der Waals surface area (Å²) in [6.07, 6.45) is 4.90. The Bertz CT molecular complexity index is 998. The SMILES string of the molecule is Cc1ccc(C2(C(=O)Nc3cc(-c4nccn4C)[nH]n3)CCOCC2)cc1C. The molecule has 2 aromatic heterocycles. The van der Waals surface area contributed by atoms with Gasteiger partial charge >= 0.3 is 0 Å². The minimum atomic E-state index is -0.612. The van der Waals surface area contributed by atoms with E-state index in [1.54, 1.807) is 6.20 Å². The molecule has 0 atom stereocenters. The van der Waals surface area contributed by atoms with Crippen molar-refractivity contribution in [2.45, 2.75) is 32.1 Å². The number of nitrogens with zero attached hydrogens (tertiary/aromatic N) is 3. The van der Waals surface area contributed by atoms with Gasteiger partial charge in [-0.05, 0) is 43.4 Å². The summed E-state index contributed by atoms with van der Waals surface area (Å²) in [4.78, 5) is 17.7. The number of hydrogen-bond donors (Lipinski definition) is 2. The number of anilines is 1. The zero-order valence-corrected chi connectivity index (χ0v) is 16.5. The number of carbonyl (C=O) groups excluding carboxylic acids is 1. The van der Waals surface area contributed by atoms with E-state index in [-0.39, 0.29) is 5.91 Å². The normalized spacial score (nSPS) is 16.1. The van der Waals surface area contributed by atoms with Gasteiger partial charge in [-0.25, -0.2) is 4.98 Å². The predicted octanol–water partition coefficient (Wildman–Crippen LogP) is 3.11. The Morgan fingerprint density at radius 3 is 2.68 bits per heavy atom. The molecule has 28 heavy (non-hydrogen) atoms. The quantitative estimate of drug-likeness (QED) is 0.729. The van der Waals surface area contributed by atoms with Gasteiger partial charge in [-0.15, -0.1) is 0 Å². The fraction of sp³-hybridized carbons (Fsp3) is 0.381. The lowest BCUT2D eigenvalue weighted by Gasteiger charge is -2.36. The number of H-pyrrole nitrogens is 1. The first-order valence-corrected chi connectivity index (χ1v) is 9.50. The van der Waals surface area contributed by atoms with Crippen LogP contribution in [-0.4, -0.2) is 38.9 Å². The fourth-order valence-corrected chi connectivity index (χ4v) is 3.77. The smallest absolute Gasteiger partial charge is 0.236 e. The lowest BCUT2D eigenvalue weighted by molar-refractivity contribution is -0.125. The van der Waals surface area contributed by atoms with Gasteiger partial charge in [0.1, 0.15) is 5.69 Å². The molecule has 1 fully saturated rings. The number of hydrogen-bond acceptors (Lipinski definition) is 4. The number of nitrogens with one attached hydrogen (secondary N) is 2. The third-order valence-electron chi connectivity index (χ3n) is 5.72. The zero-order chi connectivity index (χ0) is 19.7. The number of aromatic nitrogens is 4. The third kappa shape index (κ3) is 3.22. The number of rotatable bonds is 4. The third-order valence-corrected chi connectivity index (χ3v) is 5.72. The second-order valence-corrected chi connectivity index (χ2v) is 7.48. The first-order chi connectivity index (χ1) is 13.5. The Labute approximate surface area is 164 Å². The molecule has 1 amide bonds. The lowest BCUT2D eigenvalue weighted by atomic mass is 9.72. The van der Waals surface area contributed by atoms with Gasteiger partial charge in [-0.3, -0.25) is 9.89 Å². The summed E-state index contributed by atoms with van der Waals surface area (Å²) >= 11 is 0. The monoisotopic (exact) mass is 379 g/mol. The van der Waals surface area contributed by atoms with Crippen molar-refractivity contribution < 1.29 is 9.53 Å². The van der Waals surface area contributed by atoms with Gasteiger partial charge in [0.25, 0.3) is 0 Å². The maximum atomic E-state index is 13.4. The second kappa shape index (κ2) is 7.24. The summed E-state index contributed by atoms with van der Waals surface area (Å²) in [5, 5.41) is 10.2. The molecule has 146 valence electrons. The number of imidazole rings is 1. The van der Waals surface area contributed by atoms with Gasteiger partial charge in [0.15, 0.2) is 11.6 Å². The summed E-state index contributed by atoms with van der Waals surface area (Å²) in [7, 11) is 1.91. The van der Waals surface area contributed by atoms with Crippen molar-refractivity contribution in [1.29, 1.82) is 0 Å². The molecule has 7 nitrogen and oxygen atoms in total. The highest BCUT2D eigenvalue weighted by Gasteiger charge is 2.42. The predicted molar refractivity (Wildman–Crippen MR) is 107 cm³/mol. The van der Waals surface area contributed by atoms with E-state index in [0.717, 1.165) is 17.1 Å². The van der Waals surface area contributed by atoms with Crippen molar-refractivity contribution in [3.63, 3.8) is 0 Å². The lowest BCUT2D eigenvalue weighted by Crippen LogP contribution is -2.45. The van der Waals surface area contributed by atoms with E-state index in [0.29, 0.717) is 31.9 Å². The molecule has 0 bridgehead atoms. The minimum Gasteiger partial charge on any atom is -0.381 e. The number of ether oxygens (including phenoxy) is 1. The van der Waals surface area contributed by atoms with Crippen LogP contribution in [0.2, 0.25) is 0 Å². The molecule has 7 heteroatoms. The molecule has 1 aliphatic rings. The average Bonchev–Trinajstić information content (AvgIpc) is 3.33. The zero-order valence-electron chi connectivity index (χ0n) is 16.5. The average molecular weight is 379 g/mol. The molecule has 1 saturated heterocycles. The van der Waals surface area contributed by atoms with Crippen LogP contribution in [0.5, 0.6) is 0 Å². The number of amides is 1. The largest absolute Gasteiger partial charge is 0.381 e. The maximum Gasteiger partial charge on any atom is 0.236 e. The Hall–Kier alpha value is -2.93. The van der Waals surface area contributed by atoms with Crippen LogP contribution < -0.4 is 5.32 Å². The molecular weight excluding hydrogens is 354 g/mol. The summed E-state index contributed by atoms with van der Waals surface area (Å²) in [6, 6.07) is 8.09. The van der Waals surface area contributed by atoms with Crippen LogP contribution in [0.3, 0.4) is 0 Å².